The summed E-state index contributed by atoms with van der Waals surface area (Å²) in [5, 5.41) is 9.00. The lowest BCUT2D eigenvalue weighted by molar-refractivity contribution is -0.274. The van der Waals surface area contributed by atoms with E-state index < -0.39 is 17.8 Å². The van der Waals surface area contributed by atoms with Crippen LogP contribution in [0.15, 0.2) is 28.2 Å². The van der Waals surface area contributed by atoms with Crippen LogP contribution in [0.5, 0.6) is 5.75 Å². The summed E-state index contributed by atoms with van der Waals surface area (Å²) in [4.78, 5) is 9.76. The number of nitriles is 1. The number of anilines is 1. The van der Waals surface area contributed by atoms with Crippen molar-refractivity contribution in [2.24, 2.45) is 21.5 Å². The van der Waals surface area contributed by atoms with Crippen molar-refractivity contribution in [2.45, 2.75) is 44.1 Å². The van der Waals surface area contributed by atoms with Gasteiger partial charge in [0.1, 0.15) is 5.66 Å². The molecular formula is C16H17F3N6O. The summed E-state index contributed by atoms with van der Waals surface area (Å²) in [5.74, 6) is -0.598. The average molecular weight is 366 g/mol. The molecule has 7 nitrogen and oxygen atoms in total. The first-order chi connectivity index (χ1) is 12.2. The smallest absolute Gasteiger partial charge is 0.404 e. The molecule has 0 atom stereocenters. The zero-order valence-electron chi connectivity index (χ0n) is 13.8. The van der Waals surface area contributed by atoms with Crippen LogP contribution in [0.1, 0.15) is 37.7 Å². The first-order valence-electron chi connectivity index (χ1n) is 8.04. The lowest BCUT2D eigenvalue weighted by Crippen LogP contribution is -2.58. The van der Waals surface area contributed by atoms with Crippen molar-refractivity contribution in [2.75, 3.05) is 4.90 Å². The fourth-order valence-corrected chi connectivity index (χ4v) is 3.44. The number of guanidine groups is 2. The topological polar surface area (TPSA) is 113 Å². The third-order valence-corrected chi connectivity index (χ3v) is 4.41. The highest BCUT2D eigenvalue weighted by molar-refractivity contribution is 6.06. The number of rotatable bonds is 2. The SMILES string of the molecule is N#Cc1ccc(N2C(N)=NC(N)=NC23CCCCC3)c(OC(F)(F)F)c1. The van der Waals surface area contributed by atoms with Gasteiger partial charge in [-0.05, 0) is 37.8 Å². The number of nitrogens with two attached hydrogens (primary N) is 2. The van der Waals surface area contributed by atoms with Gasteiger partial charge in [0.05, 0.1) is 17.3 Å². The highest BCUT2D eigenvalue weighted by atomic mass is 19.4. The summed E-state index contributed by atoms with van der Waals surface area (Å²) in [7, 11) is 0. The molecular weight excluding hydrogens is 349 g/mol. The Morgan fingerprint density at radius 1 is 1.19 bits per heavy atom. The molecule has 138 valence electrons. The third-order valence-electron chi connectivity index (χ3n) is 4.41. The van der Waals surface area contributed by atoms with Crippen molar-refractivity contribution >= 4 is 17.6 Å². The molecule has 0 unspecified atom stereocenters. The van der Waals surface area contributed by atoms with E-state index in [9.17, 15) is 13.2 Å². The minimum Gasteiger partial charge on any atom is -0.404 e. The molecule has 0 radical (unpaired) electrons. The molecule has 1 aliphatic carbocycles. The second-order valence-electron chi connectivity index (χ2n) is 6.16. The Morgan fingerprint density at radius 3 is 2.50 bits per heavy atom. The Labute approximate surface area is 147 Å². The van der Waals surface area contributed by atoms with Crippen LogP contribution in [0.4, 0.5) is 18.9 Å². The molecule has 1 fully saturated rings. The highest BCUT2D eigenvalue weighted by Gasteiger charge is 2.44. The molecule has 0 aromatic heterocycles. The second-order valence-corrected chi connectivity index (χ2v) is 6.16. The Hall–Kier alpha value is -2.96. The van der Waals surface area contributed by atoms with Gasteiger partial charge in [-0.3, -0.25) is 4.90 Å². The maximum atomic E-state index is 12.9. The molecule has 26 heavy (non-hydrogen) atoms. The van der Waals surface area contributed by atoms with E-state index >= 15 is 0 Å². The molecule has 0 bridgehead atoms. The van der Waals surface area contributed by atoms with E-state index in [-0.39, 0.29) is 23.2 Å². The van der Waals surface area contributed by atoms with E-state index in [1.807, 2.05) is 0 Å². The van der Waals surface area contributed by atoms with Crippen molar-refractivity contribution in [3.05, 3.63) is 23.8 Å². The predicted molar refractivity (Wildman–Crippen MR) is 89.4 cm³/mol. The Kier molecular flexibility index (Phi) is 4.39. The molecule has 10 heteroatoms. The number of hydrogen-bond donors (Lipinski definition) is 2. The Balaban J connectivity index is 2.14. The van der Waals surface area contributed by atoms with E-state index in [1.165, 1.54) is 17.0 Å². The van der Waals surface area contributed by atoms with Crippen molar-refractivity contribution in [1.82, 2.24) is 0 Å². The van der Waals surface area contributed by atoms with Crippen LogP contribution in [0.2, 0.25) is 0 Å². The highest BCUT2D eigenvalue weighted by Crippen LogP contribution is 2.43. The zero-order chi connectivity index (χ0) is 18.9. The van der Waals surface area contributed by atoms with Gasteiger partial charge < -0.3 is 16.2 Å². The van der Waals surface area contributed by atoms with E-state index in [2.05, 4.69) is 14.7 Å². The number of ether oxygens (including phenoxy) is 1. The first-order valence-corrected chi connectivity index (χ1v) is 8.04. The van der Waals surface area contributed by atoms with Gasteiger partial charge in [-0.25, -0.2) is 4.99 Å². The fourth-order valence-electron chi connectivity index (χ4n) is 3.44. The zero-order valence-corrected chi connectivity index (χ0v) is 13.8. The van der Waals surface area contributed by atoms with Crippen LogP contribution in [0.25, 0.3) is 0 Å². The van der Waals surface area contributed by atoms with Crippen molar-refractivity contribution in [3.8, 4) is 11.8 Å². The van der Waals surface area contributed by atoms with Gasteiger partial charge in [0, 0.05) is 6.07 Å². The van der Waals surface area contributed by atoms with Gasteiger partial charge in [0.15, 0.2) is 5.75 Å². The molecule has 0 amide bonds. The number of aliphatic imine (C=N–C) groups is 2. The molecule has 1 spiro atoms. The van der Waals surface area contributed by atoms with Crippen LogP contribution in [-0.4, -0.2) is 23.9 Å². The molecule has 2 aliphatic rings. The second kappa shape index (κ2) is 6.40. The van der Waals surface area contributed by atoms with Gasteiger partial charge in [-0.1, -0.05) is 6.42 Å². The Bertz CT molecular complexity index is 805. The van der Waals surface area contributed by atoms with Gasteiger partial charge >= 0.3 is 6.36 Å². The molecule has 1 aromatic rings. The maximum Gasteiger partial charge on any atom is 0.573 e. The minimum atomic E-state index is -4.92. The van der Waals surface area contributed by atoms with Gasteiger partial charge in [-0.2, -0.15) is 10.3 Å². The van der Waals surface area contributed by atoms with Crippen LogP contribution >= 0.6 is 0 Å². The summed E-state index contributed by atoms with van der Waals surface area (Å²) in [6.45, 7) is 0. The largest absolute Gasteiger partial charge is 0.573 e. The van der Waals surface area contributed by atoms with Gasteiger partial charge in [0.25, 0.3) is 0 Å². The fraction of sp³-hybridized carbons (Fsp3) is 0.438. The summed E-state index contributed by atoms with van der Waals surface area (Å²) in [6.07, 6.45) is -1.16. The van der Waals surface area contributed by atoms with Gasteiger partial charge in [0.2, 0.25) is 11.9 Å². The molecule has 3 rings (SSSR count). The van der Waals surface area contributed by atoms with Crippen LogP contribution in [0, 0.1) is 11.3 Å². The number of benzene rings is 1. The molecule has 1 aromatic carbocycles. The lowest BCUT2D eigenvalue weighted by atomic mass is 9.87. The number of halogens is 3. The summed E-state index contributed by atoms with van der Waals surface area (Å²) >= 11 is 0. The first kappa shape index (κ1) is 17.8. The molecule has 1 heterocycles. The monoisotopic (exact) mass is 366 g/mol. The van der Waals surface area contributed by atoms with Crippen LogP contribution in [-0.2, 0) is 0 Å². The molecule has 1 aliphatic heterocycles. The van der Waals surface area contributed by atoms with Crippen LogP contribution < -0.4 is 21.1 Å². The third kappa shape index (κ3) is 3.37. The molecule has 0 saturated heterocycles. The average Bonchev–Trinajstić information content (AvgIpc) is 2.54. The van der Waals surface area contributed by atoms with Crippen molar-refractivity contribution < 1.29 is 17.9 Å². The van der Waals surface area contributed by atoms with E-state index in [0.717, 1.165) is 25.3 Å². The standard InChI is InChI=1S/C16H17F3N6O/c17-16(18,19)26-12-8-10(9-20)4-5-11(12)25-14(22)23-13(21)24-15(25)6-2-1-3-7-15/h4-5,8H,1-3,6-7H2,(H4,21,22,23,24). The summed E-state index contributed by atoms with van der Waals surface area (Å²) in [6, 6.07) is 5.57. The normalized spacial score (nSPS) is 19.5. The van der Waals surface area contributed by atoms with Crippen LogP contribution in [0.3, 0.4) is 0 Å². The van der Waals surface area contributed by atoms with Gasteiger partial charge in [-0.15, -0.1) is 13.2 Å². The maximum absolute atomic E-state index is 12.9. The molecule has 4 N–H and O–H groups in total. The number of alkyl halides is 3. The predicted octanol–water partition coefficient (Wildman–Crippen LogP) is 2.57. The number of nitrogens with zero attached hydrogens (tertiary/aromatic N) is 4. The van der Waals surface area contributed by atoms with E-state index in [4.69, 9.17) is 16.7 Å². The summed E-state index contributed by atoms with van der Waals surface area (Å²) in [5.41, 5.74) is 10.9. The number of hydrogen-bond acceptors (Lipinski definition) is 7. The van der Waals surface area contributed by atoms with Crippen molar-refractivity contribution in [1.29, 1.82) is 5.26 Å². The summed E-state index contributed by atoms with van der Waals surface area (Å²) < 4.78 is 42.8. The lowest BCUT2D eigenvalue weighted by Gasteiger charge is -2.45. The quantitative estimate of drug-likeness (QED) is 0.835. The molecule has 1 saturated carbocycles. The van der Waals surface area contributed by atoms with Crippen molar-refractivity contribution in [3.63, 3.8) is 0 Å². The van der Waals surface area contributed by atoms with E-state index in [0.29, 0.717) is 12.8 Å². The van der Waals surface area contributed by atoms with E-state index in [1.54, 1.807) is 6.07 Å². The Morgan fingerprint density at radius 2 is 1.88 bits per heavy atom. The minimum absolute atomic E-state index is 0.00687.